The van der Waals surface area contributed by atoms with Crippen LogP contribution in [-0.2, 0) is 6.54 Å². The molecule has 0 unspecified atom stereocenters. The van der Waals surface area contributed by atoms with Gasteiger partial charge in [-0.05, 0) is 37.2 Å². The summed E-state index contributed by atoms with van der Waals surface area (Å²) in [5, 5.41) is 17.6. The van der Waals surface area contributed by atoms with E-state index in [2.05, 4.69) is 52.0 Å². The Morgan fingerprint density at radius 2 is 2.00 bits per heavy atom. The maximum absolute atomic E-state index is 4.08. The first kappa shape index (κ1) is 13.0. The molecular formula is C13H21N5. The molecule has 1 heterocycles. The number of fused-ring (bicyclic) bond motifs is 1. The van der Waals surface area contributed by atoms with Crippen molar-refractivity contribution in [1.82, 2.24) is 26.0 Å². The monoisotopic (exact) mass is 247 g/mol. The number of nitrogens with one attached hydrogen (secondary N) is 3. The van der Waals surface area contributed by atoms with Crippen molar-refractivity contribution in [1.29, 1.82) is 0 Å². The summed E-state index contributed by atoms with van der Waals surface area (Å²) in [4.78, 5) is 0. The Balaban J connectivity index is 1.70. The van der Waals surface area contributed by atoms with E-state index in [1.54, 1.807) is 0 Å². The van der Waals surface area contributed by atoms with E-state index in [1.165, 1.54) is 5.56 Å². The van der Waals surface area contributed by atoms with Crippen LogP contribution in [0.1, 0.15) is 25.8 Å². The van der Waals surface area contributed by atoms with Crippen LogP contribution in [0.25, 0.3) is 11.0 Å². The molecule has 3 N–H and O–H groups in total. The van der Waals surface area contributed by atoms with Crippen molar-refractivity contribution in [2.45, 2.75) is 32.9 Å². The predicted octanol–water partition coefficient (Wildman–Crippen LogP) is 1.44. The molecule has 0 atom stereocenters. The first-order valence-corrected chi connectivity index (χ1v) is 6.49. The molecule has 5 heteroatoms. The Morgan fingerprint density at radius 1 is 1.17 bits per heavy atom. The van der Waals surface area contributed by atoms with Gasteiger partial charge in [0.2, 0.25) is 0 Å². The van der Waals surface area contributed by atoms with E-state index >= 15 is 0 Å². The van der Waals surface area contributed by atoms with Crippen molar-refractivity contribution < 1.29 is 0 Å². The highest BCUT2D eigenvalue weighted by Gasteiger charge is 1.99. The number of hydrogen-bond acceptors (Lipinski definition) is 4. The van der Waals surface area contributed by atoms with Crippen LogP contribution >= 0.6 is 0 Å². The normalized spacial score (nSPS) is 11.5. The van der Waals surface area contributed by atoms with Crippen LogP contribution < -0.4 is 10.6 Å². The minimum Gasteiger partial charge on any atom is -0.314 e. The van der Waals surface area contributed by atoms with E-state index in [9.17, 15) is 0 Å². The second-order valence-corrected chi connectivity index (χ2v) is 4.79. The summed E-state index contributed by atoms with van der Waals surface area (Å²) in [6.45, 7) is 7.30. The van der Waals surface area contributed by atoms with Crippen LogP contribution in [0.4, 0.5) is 0 Å². The minimum absolute atomic E-state index is 0.569. The van der Waals surface area contributed by atoms with Crippen LogP contribution in [0.5, 0.6) is 0 Å². The second-order valence-electron chi connectivity index (χ2n) is 4.79. The fraction of sp³-hybridized carbons (Fsp3) is 0.538. The molecule has 0 aliphatic carbocycles. The smallest absolute Gasteiger partial charge is 0.113 e. The van der Waals surface area contributed by atoms with Gasteiger partial charge < -0.3 is 10.6 Å². The molecule has 0 bridgehead atoms. The molecule has 5 nitrogen and oxygen atoms in total. The molecule has 0 saturated carbocycles. The van der Waals surface area contributed by atoms with Crippen molar-refractivity contribution in [3.05, 3.63) is 23.8 Å². The van der Waals surface area contributed by atoms with Gasteiger partial charge in [-0.15, -0.1) is 0 Å². The van der Waals surface area contributed by atoms with Crippen molar-refractivity contribution in [2.24, 2.45) is 0 Å². The number of aromatic amines is 1. The average molecular weight is 247 g/mol. The van der Waals surface area contributed by atoms with Crippen molar-refractivity contribution in [3.63, 3.8) is 0 Å². The van der Waals surface area contributed by atoms with E-state index in [-0.39, 0.29) is 0 Å². The Labute approximate surface area is 107 Å². The number of rotatable bonds is 7. The third-order valence-electron chi connectivity index (χ3n) is 2.79. The SMILES string of the molecule is CC(C)NCCCNCc1ccc2n[nH]nc2c1. The van der Waals surface area contributed by atoms with E-state index in [1.807, 2.05) is 6.07 Å². The fourth-order valence-corrected chi connectivity index (χ4v) is 1.83. The number of benzene rings is 1. The van der Waals surface area contributed by atoms with Gasteiger partial charge in [0.25, 0.3) is 0 Å². The summed E-state index contributed by atoms with van der Waals surface area (Å²) in [5.41, 5.74) is 3.09. The molecule has 0 saturated heterocycles. The van der Waals surface area contributed by atoms with E-state index in [0.29, 0.717) is 6.04 Å². The Kier molecular flexibility index (Phi) is 4.66. The molecule has 1 aromatic carbocycles. The van der Waals surface area contributed by atoms with Gasteiger partial charge in [-0.1, -0.05) is 19.9 Å². The zero-order chi connectivity index (χ0) is 12.8. The zero-order valence-electron chi connectivity index (χ0n) is 11.0. The highest BCUT2D eigenvalue weighted by molar-refractivity contribution is 5.74. The van der Waals surface area contributed by atoms with Crippen LogP contribution in [-0.4, -0.2) is 34.5 Å². The Morgan fingerprint density at radius 3 is 2.83 bits per heavy atom. The molecule has 18 heavy (non-hydrogen) atoms. The third-order valence-corrected chi connectivity index (χ3v) is 2.79. The third kappa shape index (κ3) is 3.78. The van der Waals surface area contributed by atoms with Gasteiger partial charge >= 0.3 is 0 Å². The molecule has 0 spiro atoms. The first-order chi connectivity index (χ1) is 8.75. The molecule has 2 rings (SSSR count). The van der Waals surface area contributed by atoms with Crippen molar-refractivity contribution in [3.8, 4) is 0 Å². The molecule has 0 aliphatic rings. The lowest BCUT2D eigenvalue weighted by molar-refractivity contribution is 0.547. The zero-order valence-corrected chi connectivity index (χ0v) is 11.0. The quantitative estimate of drug-likeness (QED) is 0.648. The van der Waals surface area contributed by atoms with Crippen LogP contribution in [0.15, 0.2) is 18.2 Å². The number of hydrogen-bond donors (Lipinski definition) is 3. The van der Waals surface area contributed by atoms with Gasteiger partial charge in [-0.25, -0.2) is 0 Å². The molecule has 2 aromatic rings. The molecular weight excluding hydrogens is 226 g/mol. The Bertz CT molecular complexity index is 477. The maximum atomic E-state index is 4.08. The average Bonchev–Trinajstić information content (AvgIpc) is 2.80. The van der Waals surface area contributed by atoms with E-state index < -0.39 is 0 Å². The number of H-pyrrole nitrogens is 1. The van der Waals surface area contributed by atoms with Crippen LogP contribution in [0, 0.1) is 0 Å². The van der Waals surface area contributed by atoms with Crippen molar-refractivity contribution in [2.75, 3.05) is 13.1 Å². The molecule has 0 radical (unpaired) electrons. The van der Waals surface area contributed by atoms with Gasteiger partial charge in [0, 0.05) is 12.6 Å². The van der Waals surface area contributed by atoms with Gasteiger partial charge in [0.15, 0.2) is 0 Å². The summed E-state index contributed by atoms with van der Waals surface area (Å²) in [6, 6.07) is 6.72. The topological polar surface area (TPSA) is 65.6 Å². The predicted molar refractivity (Wildman–Crippen MR) is 73.4 cm³/mol. The number of nitrogens with zero attached hydrogens (tertiary/aromatic N) is 2. The lowest BCUT2D eigenvalue weighted by Gasteiger charge is -2.08. The summed E-state index contributed by atoms with van der Waals surface area (Å²) in [7, 11) is 0. The molecule has 98 valence electrons. The highest BCUT2D eigenvalue weighted by atomic mass is 15.3. The minimum atomic E-state index is 0.569. The summed E-state index contributed by atoms with van der Waals surface area (Å²) in [5.74, 6) is 0. The molecule has 0 amide bonds. The first-order valence-electron chi connectivity index (χ1n) is 6.49. The van der Waals surface area contributed by atoms with Gasteiger partial charge in [0.05, 0.1) is 0 Å². The molecule has 0 aliphatic heterocycles. The fourth-order valence-electron chi connectivity index (χ4n) is 1.83. The second kappa shape index (κ2) is 6.47. The lowest BCUT2D eigenvalue weighted by Crippen LogP contribution is -2.26. The van der Waals surface area contributed by atoms with Crippen molar-refractivity contribution >= 4 is 11.0 Å². The standard InChI is InChI=1S/C13H21N5/c1-10(2)15-7-3-6-14-9-11-4-5-12-13(8-11)17-18-16-12/h4-5,8,10,14-15H,3,6-7,9H2,1-2H3,(H,16,17,18). The molecule has 0 fully saturated rings. The van der Waals surface area contributed by atoms with Gasteiger partial charge in [0.1, 0.15) is 11.0 Å². The Hall–Kier alpha value is -1.46. The number of aromatic nitrogens is 3. The summed E-state index contributed by atoms with van der Waals surface area (Å²) < 4.78 is 0. The van der Waals surface area contributed by atoms with E-state index in [4.69, 9.17) is 0 Å². The maximum Gasteiger partial charge on any atom is 0.113 e. The van der Waals surface area contributed by atoms with Crippen LogP contribution in [0.3, 0.4) is 0 Å². The summed E-state index contributed by atoms with van der Waals surface area (Å²) >= 11 is 0. The molecule has 1 aromatic heterocycles. The lowest BCUT2D eigenvalue weighted by atomic mass is 10.2. The van der Waals surface area contributed by atoms with Crippen LogP contribution in [0.2, 0.25) is 0 Å². The largest absolute Gasteiger partial charge is 0.314 e. The summed E-state index contributed by atoms with van der Waals surface area (Å²) in [6.07, 6.45) is 1.14. The van der Waals surface area contributed by atoms with Gasteiger partial charge in [-0.3, -0.25) is 0 Å². The highest BCUT2D eigenvalue weighted by Crippen LogP contribution is 2.09. The van der Waals surface area contributed by atoms with E-state index in [0.717, 1.165) is 37.1 Å². The van der Waals surface area contributed by atoms with Gasteiger partial charge in [-0.2, -0.15) is 15.4 Å².